The van der Waals surface area contributed by atoms with Crippen molar-refractivity contribution in [1.82, 2.24) is 0 Å². The lowest BCUT2D eigenvalue weighted by molar-refractivity contribution is -0.208. The smallest absolute Gasteiger partial charge is 0.384 e. The van der Waals surface area contributed by atoms with E-state index in [0.717, 1.165) is 0 Å². The normalized spacial score (nSPS) is 15.0. The number of hydrogen-bond donors (Lipinski definition) is 1. The van der Waals surface area contributed by atoms with Crippen LogP contribution in [0.2, 0.25) is 0 Å². The lowest BCUT2D eigenvalue weighted by Gasteiger charge is -2.13. The summed E-state index contributed by atoms with van der Waals surface area (Å²) < 4.78 is 39.4. The van der Waals surface area contributed by atoms with Crippen LogP contribution in [0.1, 0.15) is 13.3 Å². The summed E-state index contributed by atoms with van der Waals surface area (Å²) in [6.45, 7) is 1.99. The van der Waals surface area contributed by atoms with Gasteiger partial charge in [-0.15, -0.1) is 0 Å². The zero-order valence-electron chi connectivity index (χ0n) is 6.19. The zero-order valence-corrected chi connectivity index (χ0v) is 6.19. The minimum Gasteiger partial charge on any atom is -0.384 e. The maximum Gasteiger partial charge on any atom is 0.414 e. The van der Waals surface area contributed by atoms with Gasteiger partial charge in [-0.05, 0) is 6.92 Å². The van der Waals surface area contributed by atoms with Gasteiger partial charge in [-0.25, -0.2) is 0 Å². The molecule has 0 fully saturated rings. The average Bonchev–Trinajstić information content (AvgIpc) is 1.86. The molecule has 0 saturated heterocycles. The van der Waals surface area contributed by atoms with Gasteiger partial charge in [-0.2, -0.15) is 13.2 Å². The molecule has 1 N–H and O–H groups in total. The Bertz CT molecular complexity index is 102. The second kappa shape index (κ2) is 4.56. The van der Waals surface area contributed by atoms with Gasteiger partial charge < -0.3 is 9.84 Å². The van der Waals surface area contributed by atoms with E-state index in [-0.39, 0.29) is 6.61 Å². The number of halogens is 3. The molecule has 0 saturated carbocycles. The van der Waals surface area contributed by atoms with Crippen LogP contribution in [-0.4, -0.2) is 30.6 Å². The summed E-state index contributed by atoms with van der Waals surface area (Å²) >= 11 is 0. The molecule has 5 heteroatoms. The number of rotatable bonds is 4. The first kappa shape index (κ1) is 10.7. The van der Waals surface area contributed by atoms with Gasteiger partial charge in [0.05, 0.1) is 0 Å². The van der Waals surface area contributed by atoms with Crippen LogP contribution in [0.5, 0.6) is 0 Å². The van der Waals surface area contributed by atoms with E-state index in [2.05, 4.69) is 4.74 Å². The molecule has 0 aliphatic rings. The fraction of sp³-hybridized carbons (Fsp3) is 1.00. The third-order valence-corrected chi connectivity index (χ3v) is 1.12. The van der Waals surface area contributed by atoms with Crippen molar-refractivity contribution in [3.8, 4) is 0 Å². The summed E-state index contributed by atoms with van der Waals surface area (Å²) in [6.07, 6.45) is -7.16. The van der Waals surface area contributed by atoms with E-state index in [1.807, 2.05) is 0 Å². The van der Waals surface area contributed by atoms with Gasteiger partial charge in [-0.1, -0.05) is 0 Å². The molecule has 0 amide bonds. The van der Waals surface area contributed by atoms with Crippen LogP contribution in [0.4, 0.5) is 13.2 Å². The number of aliphatic hydroxyl groups excluding tert-OH is 1. The molecule has 1 unspecified atom stereocenters. The highest BCUT2D eigenvalue weighted by molar-refractivity contribution is 4.63. The van der Waals surface area contributed by atoms with Crippen molar-refractivity contribution >= 4 is 0 Å². The Morgan fingerprint density at radius 2 is 2.00 bits per heavy atom. The molecule has 0 bridgehead atoms. The Balaban J connectivity index is 3.44. The predicted octanol–water partition coefficient (Wildman–Crippen LogP) is 1.34. The van der Waals surface area contributed by atoms with Crippen molar-refractivity contribution in [2.75, 3.05) is 13.2 Å². The van der Waals surface area contributed by atoms with E-state index in [1.54, 1.807) is 6.92 Å². The van der Waals surface area contributed by atoms with Crippen LogP contribution < -0.4 is 0 Å². The van der Waals surface area contributed by atoms with Gasteiger partial charge in [0.25, 0.3) is 0 Å². The standard InChI is InChI=1S/C6H11F3O2/c1-2-11-4-3-5(10)6(7,8)9/h5,10H,2-4H2,1H3. The van der Waals surface area contributed by atoms with E-state index in [9.17, 15) is 13.2 Å². The Morgan fingerprint density at radius 3 is 2.36 bits per heavy atom. The summed E-state index contributed by atoms with van der Waals surface area (Å²) in [5.41, 5.74) is 0. The fourth-order valence-corrected chi connectivity index (χ4v) is 0.503. The molecule has 1 atom stereocenters. The van der Waals surface area contributed by atoms with Gasteiger partial charge in [0.1, 0.15) is 0 Å². The minimum absolute atomic E-state index is 0.0584. The monoisotopic (exact) mass is 172 g/mol. The third-order valence-electron chi connectivity index (χ3n) is 1.12. The summed E-state index contributed by atoms with van der Waals surface area (Å²) in [5.74, 6) is 0. The first-order valence-corrected chi connectivity index (χ1v) is 3.31. The highest BCUT2D eigenvalue weighted by Gasteiger charge is 2.37. The summed E-state index contributed by atoms with van der Waals surface area (Å²) in [6, 6.07) is 0. The molecule has 11 heavy (non-hydrogen) atoms. The quantitative estimate of drug-likeness (QED) is 0.648. The first-order valence-electron chi connectivity index (χ1n) is 3.31. The average molecular weight is 172 g/mol. The molecular weight excluding hydrogens is 161 g/mol. The molecule has 0 heterocycles. The summed E-state index contributed by atoms with van der Waals surface area (Å²) in [7, 11) is 0. The fourth-order valence-electron chi connectivity index (χ4n) is 0.503. The maximum atomic E-state index is 11.6. The highest BCUT2D eigenvalue weighted by Crippen LogP contribution is 2.21. The van der Waals surface area contributed by atoms with E-state index in [4.69, 9.17) is 5.11 Å². The van der Waals surface area contributed by atoms with Crippen LogP contribution in [0.25, 0.3) is 0 Å². The van der Waals surface area contributed by atoms with Crippen molar-refractivity contribution in [3.63, 3.8) is 0 Å². The maximum absolute atomic E-state index is 11.6. The Morgan fingerprint density at radius 1 is 1.45 bits per heavy atom. The van der Waals surface area contributed by atoms with Gasteiger partial charge in [-0.3, -0.25) is 0 Å². The van der Waals surface area contributed by atoms with Gasteiger partial charge >= 0.3 is 6.18 Å². The lowest BCUT2D eigenvalue weighted by Crippen LogP contribution is -2.29. The van der Waals surface area contributed by atoms with Crippen LogP contribution in [0.3, 0.4) is 0 Å². The van der Waals surface area contributed by atoms with E-state index in [0.29, 0.717) is 6.61 Å². The highest BCUT2D eigenvalue weighted by atomic mass is 19.4. The van der Waals surface area contributed by atoms with E-state index >= 15 is 0 Å². The van der Waals surface area contributed by atoms with Crippen molar-refractivity contribution in [3.05, 3.63) is 0 Å². The Hall–Kier alpha value is -0.290. The third kappa shape index (κ3) is 5.03. The molecule has 0 aromatic carbocycles. The number of alkyl halides is 3. The van der Waals surface area contributed by atoms with Crippen molar-refractivity contribution in [2.45, 2.75) is 25.6 Å². The Labute approximate surface area is 63.0 Å². The molecule has 2 nitrogen and oxygen atoms in total. The van der Waals surface area contributed by atoms with Gasteiger partial charge in [0, 0.05) is 19.6 Å². The van der Waals surface area contributed by atoms with E-state index < -0.39 is 18.7 Å². The van der Waals surface area contributed by atoms with Crippen LogP contribution in [0.15, 0.2) is 0 Å². The first-order chi connectivity index (χ1) is 4.98. The largest absolute Gasteiger partial charge is 0.414 e. The molecule has 68 valence electrons. The summed E-state index contributed by atoms with van der Waals surface area (Å²) in [5, 5.41) is 8.41. The lowest BCUT2D eigenvalue weighted by atomic mass is 10.2. The SMILES string of the molecule is CCOCCC(O)C(F)(F)F. The number of hydrogen-bond acceptors (Lipinski definition) is 2. The number of aliphatic hydroxyl groups is 1. The van der Waals surface area contributed by atoms with Gasteiger partial charge in [0.15, 0.2) is 6.10 Å². The minimum atomic E-state index is -4.52. The molecule has 0 aliphatic carbocycles. The van der Waals surface area contributed by atoms with Crippen LogP contribution in [0, 0.1) is 0 Å². The van der Waals surface area contributed by atoms with E-state index in [1.165, 1.54) is 0 Å². The molecule has 0 spiro atoms. The molecular formula is C6H11F3O2. The molecule has 0 aromatic rings. The van der Waals surface area contributed by atoms with Crippen molar-refractivity contribution in [1.29, 1.82) is 0 Å². The molecule has 0 aliphatic heterocycles. The second-order valence-electron chi connectivity index (χ2n) is 2.04. The van der Waals surface area contributed by atoms with Gasteiger partial charge in [0.2, 0.25) is 0 Å². The Kier molecular flexibility index (Phi) is 4.44. The topological polar surface area (TPSA) is 29.5 Å². The van der Waals surface area contributed by atoms with Crippen molar-refractivity contribution < 1.29 is 23.0 Å². The van der Waals surface area contributed by atoms with Crippen LogP contribution >= 0.6 is 0 Å². The second-order valence-corrected chi connectivity index (χ2v) is 2.04. The van der Waals surface area contributed by atoms with Crippen molar-refractivity contribution in [2.24, 2.45) is 0 Å². The summed E-state index contributed by atoms with van der Waals surface area (Å²) in [4.78, 5) is 0. The molecule has 0 aromatic heterocycles. The number of ether oxygens (including phenoxy) is 1. The molecule has 0 rings (SSSR count). The zero-order chi connectivity index (χ0) is 8.91. The van der Waals surface area contributed by atoms with Crippen LogP contribution in [-0.2, 0) is 4.74 Å². The predicted molar refractivity (Wildman–Crippen MR) is 33.2 cm³/mol. The molecule has 0 radical (unpaired) electrons.